The molecular formula is C10H12O2. The molecule has 2 nitrogen and oxygen atoms in total. The highest BCUT2D eigenvalue weighted by atomic mass is 16.6. The topological polar surface area (TPSA) is 29.5 Å². The van der Waals surface area contributed by atoms with Crippen molar-refractivity contribution in [3.05, 3.63) is 35.4 Å². The predicted octanol–water partition coefficient (Wildman–Crippen LogP) is 2.16. The fourth-order valence-electron chi connectivity index (χ4n) is 1.65. The summed E-state index contributed by atoms with van der Waals surface area (Å²) in [6, 6.07) is 7.82. The molecule has 0 saturated heterocycles. The van der Waals surface area contributed by atoms with Crippen LogP contribution in [-0.2, 0) is 4.74 Å². The predicted molar refractivity (Wildman–Crippen MR) is 45.5 cm³/mol. The van der Waals surface area contributed by atoms with Gasteiger partial charge in [-0.05, 0) is 12.0 Å². The first-order valence-corrected chi connectivity index (χ1v) is 4.25. The number of aliphatic hydroxyl groups is 1. The number of benzene rings is 1. The van der Waals surface area contributed by atoms with E-state index in [0.717, 1.165) is 17.5 Å². The zero-order chi connectivity index (χ0) is 8.55. The molecule has 0 bridgehead atoms. The quantitative estimate of drug-likeness (QED) is 0.689. The molecule has 12 heavy (non-hydrogen) atoms. The van der Waals surface area contributed by atoms with Crippen molar-refractivity contribution in [2.24, 2.45) is 0 Å². The summed E-state index contributed by atoms with van der Waals surface area (Å²) >= 11 is 0. The van der Waals surface area contributed by atoms with Gasteiger partial charge in [0.1, 0.15) is 0 Å². The Balaban J connectivity index is 2.43. The van der Waals surface area contributed by atoms with Gasteiger partial charge in [-0.25, -0.2) is 0 Å². The van der Waals surface area contributed by atoms with E-state index in [1.165, 1.54) is 0 Å². The van der Waals surface area contributed by atoms with Crippen molar-refractivity contribution in [2.75, 3.05) is 0 Å². The lowest BCUT2D eigenvalue weighted by Crippen LogP contribution is -1.95. The highest BCUT2D eigenvalue weighted by molar-refractivity contribution is 5.32. The van der Waals surface area contributed by atoms with Crippen LogP contribution in [0.2, 0.25) is 0 Å². The second kappa shape index (κ2) is 2.88. The van der Waals surface area contributed by atoms with Crippen LogP contribution in [-0.4, -0.2) is 5.11 Å². The molecule has 2 rings (SSSR count). The summed E-state index contributed by atoms with van der Waals surface area (Å²) in [4.78, 5) is 0. The van der Waals surface area contributed by atoms with Gasteiger partial charge in [-0.15, -0.1) is 0 Å². The Kier molecular flexibility index (Phi) is 1.87. The fraction of sp³-hybridized carbons (Fsp3) is 0.400. The van der Waals surface area contributed by atoms with E-state index < -0.39 is 6.29 Å². The summed E-state index contributed by atoms with van der Waals surface area (Å²) in [6.45, 7) is 2.06. The number of hydrogen-bond donors (Lipinski definition) is 1. The average Bonchev–Trinajstić information content (AvgIpc) is 2.44. The maximum atomic E-state index is 9.46. The van der Waals surface area contributed by atoms with Gasteiger partial charge in [0.05, 0.1) is 6.10 Å². The molecule has 0 saturated carbocycles. The minimum atomic E-state index is -0.717. The molecular weight excluding hydrogens is 152 g/mol. The lowest BCUT2D eigenvalue weighted by Gasteiger charge is -2.06. The zero-order valence-corrected chi connectivity index (χ0v) is 7.03. The molecule has 0 radical (unpaired) electrons. The van der Waals surface area contributed by atoms with Crippen LogP contribution in [0.5, 0.6) is 0 Å². The average molecular weight is 164 g/mol. The van der Waals surface area contributed by atoms with Gasteiger partial charge < -0.3 is 9.84 Å². The summed E-state index contributed by atoms with van der Waals surface area (Å²) in [5.74, 6) is 0. The number of hydrogen-bond acceptors (Lipinski definition) is 2. The third-order valence-corrected chi connectivity index (χ3v) is 2.27. The van der Waals surface area contributed by atoms with Crippen molar-refractivity contribution in [1.82, 2.24) is 0 Å². The Morgan fingerprint density at radius 3 is 2.67 bits per heavy atom. The molecule has 1 heterocycles. The van der Waals surface area contributed by atoms with Crippen LogP contribution in [0.4, 0.5) is 0 Å². The van der Waals surface area contributed by atoms with E-state index in [0.29, 0.717) is 0 Å². The molecule has 64 valence electrons. The summed E-state index contributed by atoms with van der Waals surface area (Å²) in [5.41, 5.74) is 2.05. The van der Waals surface area contributed by atoms with Crippen molar-refractivity contribution in [1.29, 1.82) is 0 Å². The summed E-state index contributed by atoms with van der Waals surface area (Å²) in [5, 5.41) is 9.46. The lowest BCUT2D eigenvalue weighted by atomic mass is 10.0. The molecule has 1 N–H and O–H groups in total. The van der Waals surface area contributed by atoms with E-state index in [1.54, 1.807) is 0 Å². The maximum Gasteiger partial charge on any atom is 0.182 e. The van der Waals surface area contributed by atoms with Crippen molar-refractivity contribution in [3.63, 3.8) is 0 Å². The standard InChI is InChI=1S/C10H12O2/c1-2-9-7-5-3-4-6-8(7)10(11)12-9/h3-6,9-11H,2H2,1H3/t9-,10+/m1/s1. The minimum Gasteiger partial charge on any atom is -0.364 e. The van der Waals surface area contributed by atoms with Crippen LogP contribution < -0.4 is 0 Å². The van der Waals surface area contributed by atoms with Gasteiger partial charge >= 0.3 is 0 Å². The molecule has 0 spiro atoms. The van der Waals surface area contributed by atoms with Crippen LogP contribution in [0.1, 0.15) is 36.9 Å². The van der Waals surface area contributed by atoms with E-state index in [9.17, 15) is 5.11 Å². The van der Waals surface area contributed by atoms with Gasteiger partial charge in [0.2, 0.25) is 0 Å². The Morgan fingerprint density at radius 2 is 2.00 bits per heavy atom. The normalized spacial score (nSPS) is 27.2. The Morgan fingerprint density at radius 1 is 1.33 bits per heavy atom. The van der Waals surface area contributed by atoms with Crippen LogP contribution in [0.25, 0.3) is 0 Å². The molecule has 1 aliphatic rings. The smallest absolute Gasteiger partial charge is 0.182 e. The minimum absolute atomic E-state index is 0.0798. The Hall–Kier alpha value is -0.860. The van der Waals surface area contributed by atoms with E-state index in [2.05, 4.69) is 6.92 Å². The van der Waals surface area contributed by atoms with E-state index in [4.69, 9.17) is 4.74 Å². The van der Waals surface area contributed by atoms with Gasteiger partial charge in [-0.2, -0.15) is 0 Å². The van der Waals surface area contributed by atoms with Crippen LogP contribution in [0.15, 0.2) is 24.3 Å². The first-order chi connectivity index (χ1) is 5.83. The maximum absolute atomic E-state index is 9.46. The monoisotopic (exact) mass is 164 g/mol. The number of rotatable bonds is 1. The summed E-state index contributed by atoms with van der Waals surface area (Å²) in [7, 11) is 0. The molecule has 1 aliphatic heterocycles. The number of ether oxygens (including phenoxy) is 1. The van der Waals surface area contributed by atoms with Crippen molar-refractivity contribution >= 4 is 0 Å². The van der Waals surface area contributed by atoms with Gasteiger partial charge in [-0.1, -0.05) is 31.2 Å². The number of aliphatic hydroxyl groups excluding tert-OH is 1. The second-order valence-electron chi connectivity index (χ2n) is 3.01. The molecule has 1 aromatic rings. The fourth-order valence-corrected chi connectivity index (χ4v) is 1.65. The largest absolute Gasteiger partial charge is 0.364 e. The molecule has 2 heteroatoms. The summed E-state index contributed by atoms with van der Waals surface area (Å²) in [6.07, 6.45) is 0.274. The Bertz CT molecular complexity index is 283. The van der Waals surface area contributed by atoms with Gasteiger partial charge in [0.25, 0.3) is 0 Å². The molecule has 0 unspecified atom stereocenters. The highest BCUT2D eigenvalue weighted by Crippen LogP contribution is 2.38. The van der Waals surface area contributed by atoms with E-state index >= 15 is 0 Å². The van der Waals surface area contributed by atoms with Gasteiger partial charge in [0, 0.05) is 5.56 Å². The molecule has 1 aromatic carbocycles. The molecule has 0 amide bonds. The van der Waals surface area contributed by atoms with Crippen molar-refractivity contribution in [2.45, 2.75) is 25.7 Å². The van der Waals surface area contributed by atoms with E-state index in [-0.39, 0.29) is 6.10 Å². The lowest BCUT2D eigenvalue weighted by molar-refractivity contribution is -0.121. The number of fused-ring (bicyclic) bond motifs is 1. The molecule has 2 atom stereocenters. The van der Waals surface area contributed by atoms with Crippen LogP contribution >= 0.6 is 0 Å². The van der Waals surface area contributed by atoms with Gasteiger partial charge in [-0.3, -0.25) is 0 Å². The first kappa shape index (κ1) is 7.77. The van der Waals surface area contributed by atoms with E-state index in [1.807, 2.05) is 24.3 Å². The molecule has 0 aromatic heterocycles. The summed E-state index contributed by atoms with van der Waals surface area (Å²) < 4.78 is 5.34. The van der Waals surface area contributed by atoms with Crippen LogP contribution in [0, 0.1) is 0 Å². The van der Waals surface area contributed by atoms with Crippen LogP contribution in [0.3, 0.4) is 0 Å². The molecule has 0 aliphatic carbocycles. The zero-order valence-electron chi connectivity index (χ0n) is 7.03. The highest BCUT2D eigenvalue weighted by Gasteiger charge is 2.28. The Labute approximate surface area is 71.8 Å². The molecule has 0 fully saturated rings. The van der Waals surface area contributed by atoms with Gasteiger partial charge in [0.15, 0.2) is 6.29 Å². The third kappa shape index (κ3) is 1.04. The van der Waals surface area contributed by atoms with Crippen molar-refractivity contribution in [3.8, 4) is 0 Å². The second-order valence-corrected chi connectivity index (χ2v) is 3.01. The third-order valence-electron chi connectivity index (χ3n) is 2.27. The first-order valence-electron chi connectivity index (χ1n) is 4.25. The SMILES string of the molecule is CC[C@H]1O[C@H](O)c2ccccc21. The van der Waals surface area contributed by atoms with Crippen molar-refractivity contribution < 1.29 is 9.84 Å².